The topological polar surface area (TPSA) is 49.5 Å². The molecule has 3 nitrogen and oxygen atoms in total. The minimum absolute atomic E-state index is 0.262. The minimum atomic E-state index is 0.262. The van der Waals surface area contributed by atoms with Crippen LogP contribution in [0.1, 0.15) is 0 Å². The fraction of sp³-hybridized carbons (Fsp3) is 0. The van der Waals surface area contributed by atoms with Crippen molar-refractivity contribution in [2.75, 3.05) is 10.6 Å². The van der Waals surface area contributed by atoms with Crippen LogP contribution in [0.15, 0.2) is 97.1 Å². The molecule has 0 aliphatic carbocycles. The summed E-state index contributed by atoms with van der Waals surface area (Å²) in [6, 6.07) is 31.1. The first kappa shape index (κ1) is 17.7. The summed E-state index contributed by atoms with van der Waals surface area (Å²) in [4.78, 5) is 2.15. The van der Waals surface area contributed by atoms with Crippen molar-refractivity contribution in [1.29, 1.82) is 0 Å². The highest BCUT2D eigenvalue weighted by Gasteiger charge is 2.12. The third-order valence-electron chi connectivity index (χ3n) is 4.63. The predicted octanol–water partition coefficient (Wildman–Crippen LogP) is 4.91. The summed E-state index contributed by atoms with van der Waals surface area (Å²) in [5, 5.41) is 9.49. The zero-order valence-electron chi connectivity index (χ0n) is 15.3. The maximum absolute atomic E-state index is 9.49. The van der Waals surface area contributed by atoms with Crippen molar-refractivity contribution < 1.29 is 5.11 Å². The Morgan fingerprint density at radius 3 is 1.46 bits per heavy atom. The van der Waals surface area contributed by atoms with Gasteiger partial charge in [-0.05, 0) is 71.8 Å². The van der Waals surface area contributed by atoms with Crippen LogP contribution in [0.25, 0.3) is 11.1 Å². The molecule has 28 heavy (non-hydrogen) atoms. The summed E-state index contributed by atoms with van der Waals surface area (Å²) in [5.41, 5.74) is 12.5. The lowest BCUT2D eigenvalue weighted by atomic mass is 9.96. The first-order chi connectivity index (χ1) is 13.6. The average Bonchev–Trinajstić information content (AvgIpc) is 2.72. The summed E-state index contributed by atoms with van der Waals surface area (Å²) in [5.74, 6) is 0.262. The molecule has 0 amide bonds. The number of nitrogens with two attached hydrogens (primary N) is 1. The highest BCUT2D eigenvalue weighted by atomic mass is 16.3. The van der Waals surface area contributed by atoms with Crippen LogP contribution in [0.2, 0.25) is 0 Å². The first-order valence-corrected chi connectivity index (χ1v) is 9.01. The number of hydrogen-bond acceptors (Lipinski definition) is 3. The number of anilines is 4. The number of benzene rings is 4. The van der Waals surface area contributed by atoms with Gasteiger partial charge < -0.3 is 15.7 Å². The zero-order chi connectivity index (χ0) is 19.5. The average molecular weight is 362 g/mol. The number of phenols is 1. The maximum Gasteiger partial charge on any atom is 0.115 e. The van der Waals surface area contributed by atoms with Crippen LogP contribution in [-0.2, 0) is 0 Å². The van der Waals surface area contributed by atoms with Crippen molar-refractivity contribution in [3.05, 3.63) is 97.1 Å². The van der Waals surface area contributed by atoms with Crippen molar-refractivity contribution in [2.45, 2.75) is 0 Å². The Hall–Kier alpha value is -3.66. The Labute approximate surface area is 166 Å². The van der Waals surface area contributed by atoms with Crippen LogP contribution in [0, 0.1) is 0 Å². The molecule has 134 valence electrons. The highest BCUT2D eigenvalue weighted by Crippen LogP contribution is 2.35. The van der Waals surface area contributed by atoms with E-state index in [4.69, 9.17) is 13.6 Å². The van der Waals surface area contributed by atoms with E-state index < -0.39 is 0 Å². The molecule has 0 saturated carbocycles. The normalized spacial score (nSPS) is 10.6. The predicted molar refractivity (Wildman–Crippen MR) is 118 cm³/mol. The Balaban J connectivity index is 1.74. The van der Waals surface area contributed by atoms with Gasteiger partial charge in [-0.3, -0.25) is 0 Å². The molecule has 0 spiro atoms. The van der Waals surface area contributed by atoms with Crippen molar-refractivity contribution in [2.24, 2.45) is 0 Å². The van der Waals surface area contributed by atoms with Crippen LogP contribution in [0.3, 0.4) is 0 Å². The summed E-state index contributed by atoms with van der Waals surface area (Å²) in [7, 11) is 5.87. The summed E-state index contributed by atoms with van der Waals surface area (Å²) < 4.78 is 0. The van der Waals surface area contributed by atoms with E-state index in [0.29, 0.717) is 0 Å². The lowest BCUT2D eigenvalue weighted by molar-refractivity contribution is 0.475. The molecule has 0 aliphatic rings. The molecule has 0 aromatic heterocycles. The van der Waals surface area contributed by atoms with E-state index in [0.717, 1.165) is 39.3 Å². The largest absolute Gasteiger partial charge is 0.508 e. The number of aromatic hydroxyl groups is 1. The van der Waals surface area contributed by atoms with Gasteiger partial charge in [0.05, 0.1) is 0 Å². The maximum atomic E-state index is 9.49. The summed E-state index contributed by atoms with van der Waals surface area (Å²) >= 11 is 0. The number of hydrogen-bond donors (Lipinski definition) is 2. The standard InChI is InChI=1S/C24H19BN2O/c25-19-5-11-22(12-6-19)27(23-13-7-20(26)8-14-23)21-9-1-17(2-10-21)18-3-15-24(28)16-4-18/h1-16,28H,26H2. The van der Waals surface area contributed by atoms with E-state index in [2.05, 4.69) is 29.2 Å². The smallest absolute Gasteiger partial charge is 0.115 e. The monoisotopic (exact) mass is 362 g/mol. The first-order valence-electron chi connectivity index (χ1n) is 9.01. The molecule has 4 aromatic carbocycles. The van der Waals surface area contributed by atoms with Gasteiger partial charge in [-0.15, -0.1) is 0 Å². The molecular formula is C24H19BN2O. The van der Waals surface area contributed by atoms with Crippen molar-refractivity contribution in [1.82, 2.24) is 0 Å². The fourth-order valence-corrected chi connectivity index (χ4v) is 3.15. The second kappa shape index (κ2) is 7.53. The Morgan fingerprint density at radius 2 is 0.964 bits per heavy atom. The van der Waals surface area contributed by atoms with Crippen LogP contribution >= 0.6 is 0 Å². The minimum Gasteiger partial charge on any atom is -0.508 e. The molecule has 0 unspecified atom stereocenters. The highest BCUT2D eigenvalue weighted by molar-refractivity contribution is 6.32. The van der Waals surface area contributed by atoms with E-state index in [1.165, 1.54) is 0 Å². The second-order valence-electron chi connectivity index (χ2n) is 6.61. The van der Waals surface area contributed by atoms with Gasteiger partial charge in [0.1, 0.15) is 13.6 Å². The van der Waals surface area contributed by atoms with Gasteiger partial charge in [-0.2, -0.15) is 0 Å². The van der Waals surface area contributed by atoms with Crippen LogP contribution in [0.4, 0.5) is 22.7 Å². The molecular weight excluding hydrogens is 343 g/mol. The third kappa shape index (κ3) is 3.72. The lowest BCUT2D eigenvalue weighted by Crippen LogP contribution is -2.11. The van der Waals surface area contributed by atoms with Gasteiger partial charge in [-0.1, -0.05) is 41.9 Å². The molecule has 4 heteroatoms. The molecule has 0 saturated heterocycles. The Bertz CT molecular complexity index is 1010. The van der Waals surface area contributed by atoms with Gasteiger partial charge in [0, 0.05) is 22.7 Å². The van der Waals surface area contributed by atoms with E-state index in [9.17, 15) is 5.11 Å². The molecule has 0 heterocycles. The molecule has 4 rings (SSSR count). The quantitative estimate of drug-likeness (QED) is 0.401. The van der Waals surface area contributed by atoms with Gasteiger partial charge in [0.2, 0.25) is 0 Å². The number of rotatable bonds is 4. The number of phenolic OH excluding ortho intramolecular Hbond substituents is 1. The van der Waals surface area contributed by atoms with Gasteiger partial charge in [0.25, 0.3) is 0 Å². The third-order valence-corrected chi connectivity index (χ3v) is 4.63. The zero-order valence-corrected chi connectivity index (χ0v) is 15.3. The van der Waals surface area contributed by atoms with Crippen molar-refractivity contribution >= 4 is 36.1 Å². The number of nitrogens with zero attached hydrogens (tertiary/aromatic N) is 1. The van der Waals surface area contributed by atoms with Crippen LogP contribution in [0.5, 0.6) is 5.75 Å². The summed E-state index contributed by atoms with van der Waals surface area (Å²) in [6.07, 6.45) is 0. The lowest BCUT2D eigenvalue weighted by Gasteiger charge is -2.26. The Kier molecular flexibility index (Phi) is 4.77. The number of nitrogen functional groups attached to an aromatic ring is 1. The molecule has 0 fully saturated rings. The fourth-order valence-electron chi connectivity index (χ4n) is 3.15. The van der Waals surface area contributed by atoms with E-state index >= 15 is 0 Å². The van der Waals surface area contributed by atoms with Crippen molar-refractivity contribution in [3.63, 3.8) is 0 Å². The van der Waals surface area contributed by atoms with E-state index in [-0.39, 0.29) is 5.75 Å². The van der Waals surface area contributed by atoms with E-state index in [1.807, 2.05) is 60.7 Å². The molecule has 0 atom stereocenters. The molecule has 0 bridgehead atoms. The molecule has 2 radical (unpaired) electrons. The molecule has 4 aromatic rings. The van der Waals surface area contributed by atoms with Crippen LogP contribution < -0.4 is 16.1 Å². The molecule has 0 aliphatic heterocycles. The van der Waals surface area contributed by atoms with Gasteiger partial charge in [-0.25, -0.2) is 0 Å². The summed E-state index contributed by atoms with van der Waals surface area (Å²) in [6.45, 7) is 0. The SMILES string of the molecule is [B]c1ccc(N(c2ccc(N)cc2)c2ccc(-c3ccc(O)cc3)cc2)cc1. The van der Waals surface area contributed by atoms with Crippen LogP contribution in [-0.4, -0.2) is 13.0 Å². The Morgan fingerprint density at radius 1 is 0.571 bits per heavy atom. The van der Waals surface area contributed by atoms with Gasteiger partial charge in [0.15, 0.2) is 0 Å². The second-order valence-corrected chi connectivity index (χ2v) is 6.61. The van der Waals surface area contributed by atoms with Crippen molar-refractivity contribution in [3.8, 4) is 16.9 Å². The van der Waals surface area contributed by atoms with Gasteiger partial charge >= 0.3 is 0 Å². The van der Waals surface area contributed by atoms with E-state index in [1.54, 1.807) is 12.1 Å². The molecule has 3 N–H and O–H groups in total.